The number of hydrogen-bond acceptors (Lipinski definition) is 5. The van der Waals surface area contributed by atoms with Crippen LogP contribution < -0.4 is 11.1 Å². The van der Waals surface area contributed by atoms with Crippen LogP contribution in [0.5, 0.6) is 0 Å². The van der Waals surface area contributed by atoms with Crippen LogP contribution in [0.2, 0.25) is 0 Å². The maximum Gasteiger partial charge on any atom is 0.330 e. The molecule has 1 fully saturated rings. The predicted octanol–water partition coefficient (Wildman–Crippen LogP) is 0.246. The molecule has 3 heterocycles. The molecule has 0 aliphatic carbocycles. The first-order valence-electron chi connectivity index (χ1n) is 7.84. The van der Waals surface area contributed by atoms with Crippen molar-refractivity contribution in [2.45, 2.75) is 31.7 Å². The van der Waals surface area contributed by atoms with Crippen molar-refractivity contribution in [2.75, 3.05) is 13.1 Å². The third-order valence-electron chi connectivity index (χ3n) is 4.71. The van der Waals surface area contributed by atoms with Crippen LogP contribution in [0.15, 0.2) is 33.9 Å². The Morgan fingerprint density at radius 3 is 2.83 bits per heavy atom. The van der Waals surface area contributed by atoms with Crippen molar-refractivity contribution in [1.29, 1.82) is 0 Å². The van der Waals surface area contributed by atoms with E-state index in [2.05, 4.69) is 15.1 Å². The lowest BCUT2D eigenvalue weighted by Gasteiger charge is -2.34. The smallest absolute Gasteiger partial charge is 0.330 e. The van der Waals surface area contributed by atoms with Gasteiger partial charge < -0.3 is 4.74 Å². The number of nitrogens with one attached hydrogen (secondary N) is 1. The molecule has 8 heteroatoms. The molecular weight excluding hydrogens is 315 g/mol. The molecule has 0 unspecified atom stereocenters. The van der Waals surface area contributed by atoms with E-state index in [-0.39, 0.29) is 12.4 Å². The van der Waals surface area contributed by atoms with Crippen LogP contribution >= 0.6 is 0 Å². The topological polar surface area (TPSA) is 80.2 Å². The Morgan fingerprint density at radius 2 is 2.04 bits per heavy atom. The lowest BCUT2D eigenvalue weighted by Crippen LogP contribution is -2.51. The Hall–Kier alpha value is -2.32. The largest absolute Gasteiger partial charge is 0.364 e. The number of nitrogens with zero attached hydrogens (tertiary/aromatic N) is 3. The zero-order valence-electron chi connectivity index (χ0n) is 13.0. The van der Waals surface area contributed by atoms with E-state index < -0.39 is 16.7 Å². The highest BCUT2D eigenvalue weighted by Gasteiger charge is 2.42. The molecule has 0 radical (unpaired) electrons. The van der Waals surface area contributed by atoms with Crippen LogP contribution in [-0.2, 0) is 24.4 Å². The monoisotopic (exact) mass is 332 g/mol. The number of rotatable bonds is 2. The third kappa shape index (κ3) is 2.67. The number of fused-ring (bicyclic) bond motifs is 1. The highest BCUT2D eigenvalue weighted by atomic mass is 19.1. The molecule has 7 nitrogen and oxygen atoms in total. The maximum atomic E-state index is 13.0. The highest BCUT2D eigenvalue weighted by molar-refractivity contribution is 5.16. The van der Waals surface area contributed by atoms with Gasteiger partial charge in [-0.05, 0) is 24.1 Å². The first-order chi connectivity index (χ1) is 11.5. The minimum Gasteiger partial charge on any atom is -0.364 e. The molecule has 1 spiro atoms. The summed E-state index contributed by atoms with van der Waals surface area (Å²) in [7, 11) is 0. The zero-order valence-corrected chi connectivity index (χ0v) is 13.0. The first-order valence-corrected chi connectivity index (χ1v) is 7.84. The number of aromatic nitrogens is 3. The summed E-state index contributed by atoms with van der Waals surface area (Å²) in [6.07, 6.45) is 0.771. The highest BCUT2D eigenvalue weighted by Crippen LogP contribution is 2.31. The molecule has 0 saturated carbocycles. The third-order valence-corrected chi connectivity index (χ3v) is 4.71. The first kappa shape index (κ1) is 15.2. The Kier molecular flexibility index (Phi) is 3.58. The summed E-state index contributed by atoms with van der Waals surface area (Å²) in [6.45, 7) is 2.70. The number of aromatic amines is 1. The lowest BCUT2D eigenvalue weighted by molar-refractivity contribution is -0.0853. The summed E-state index contributed by atoms with van der Waals surface area (Å²) < 4.78 is 20.4. The average Bonchev–Trinajstić information content (AvgIpc) is 2.96. The SMILES string of the molecule is O=c1[nH]nc2n(c1=O)C[C@@]1(CCN(Cc3ccc(F)cc3)C1)OC2. The minimum absolute atomic E-state index is 0.205. The standard InChI is InChI=1S/C16H17FN4O3/c17-12-3-1-11(2-4-12)7-20-6-5-16(9-20)10-21-13(8-24-16)18-19-14(22)15(21)23/h1-4H,5-10H2,(H,19,22)/t16-/m0/s1. The van der Waals surface area contributed by atoms with Gasteiger partial charge in [0.2, 0.25) is 0 Å². The van der Waals surface area contributed by atoms with E-state index in [0.29, 0.717) is 25.5 Å². The van der Waals surface area contributed by atoms with Crippen molar-refractivity contribution in [3.8, 4) is 0 Å². The van der Waals surface area contributed by atoms with Crippen LogP contribution in [0, 0.1) is 5.82 Å². The van der Waals surface area contributed by atoms with Gasteiger partial charge in [-0.2, -0.15) is 5.10 Å². The van der Waals surface area contributed by atoms with Crippen molar-refractivity contribution in [2.24, 2.45) is 0 Å². The molecule has 1 aromatic carbocycles. The van der Waals surface area contributed by atoms with Gasteiger partial charge in [0.15, 0.2) is 5.82 Å². The second-order valence-electron chi connectivity index (χ2n) is 6.42. The van der Waals surface area contributed by atoms with Gasteiger partial charge in [-0.25, -0.2) is 9.49 Å². The summed E-state index contributed by atoms with van der Waals surface area (Å²) in [5.41, 5.74) is -0.747. The van der Waals surface area contributed by atoms with Gasteiger partial charge in [-0.15, -0.1) is 0 Å². The molecule has 0 amide bonds. The molecule has 1 aromatic heterocycles. The van der Waals surface area contributed by atoms with Crippen molar-refractivity contribution in [1.82, 2.24) is 19.7 Å². The molecule has 0 bridgehead atoms. The fourth-order valence-electron chi connectivity index (χ4n) is 3.45. The van der Waals surface area contributed by atoms with E-state index in [4.69, 9.17) is 4.74 Å². The second kappa shape index (κ2) is 5.64. The fourth-order valence-corrected chi connectivity index (χ4v) is 3.45. The van der Waals surface area contributed by atoms with Crippen molar-refractivity contribution in [3.05, 3.63) is 62.2 Å². The predicted molar refractivity (Wildman–Crippen MR) is 82.9 cm³/mol. The summed E-state index contributed by atoms with van der Waals surface area (Å²) in [4.78, 5) is 25.7. The van der Waals surface area contributed by atoms with Crippen LogP contribution in [0.4, 0.5) is 4.39 Å². The summed E-state index contributed by atoms with van der Waals surface area (Å²) in [6, 6.07) is 6.44. The van der Waals surface area contributed by atoms with E-state index in [1.165, 1.54) is 16.7 Å². The number of hydrogen-bond donors (Lipinski definition) is 1. The van der Waals surface area contributed by atoms with Crippen LogP contribution in [0.3, 0.4) is 0 Å². The van der Waals surface area contributed by atoms with Crippen LogP contribution in [0.1, 0.15) is 17.8 Å². The molecule has 126 valence electrons. The van der Waals surface area contributed by atoms with Crippen molar-refractivity contribution < 1.29 is 9.13 Å². The second-order valence-corrected chi connectivity index (χ2v) is 6.42. The van der Waals surface area contributed by atoms with Gasteiger partial charge in [-0.3, -0.25) is 19.1 Å². The number of halogens is 1. The zero-order chi connectivity index (χ0) is 16.7. The van der Waals surface area contributed by atoms with Gasteiger partial charge in [0, 0.05) is 19.6 Å². The number of H-pyrrole nitrogens is 1. The summed E-state index contributed by atoms with van der Waals surface area (Å²) in [5, 5.41) is 6.07. The minimum atomic E-state index is -0.711. The van der Waals surface area contributed by atoms with Crippen molar-refractivity contribution >= 4 is 0 Å². The van der Waals surface area contributed by atoms with Crippen LogP contribution in [-0.4, -0.2) is 38.4 Å². The normalized spacial score (nSPS) is 23.5. The molecular formula is C16H17FN4O3. The van der Waals surface area contributed by atoms with Gasteiger partial charge in [0.1, 0.15) is 18.0 Å². The van der Waals surface area contributed by atoms with E-state index in [1.807, 2.05) is 0 Å². The Morgan fingerprint density at radius 1 is 1.25 bits per heavy atom. The van der Waals surface area contributed by atoms with E-state index in [0.717, 1.165) is 18.5 Å². The Balaban J connectivity index is 1.52. The molecule has 4 rings (SSSR count). The molecule has 2 aliphatic heterocycles. The Labute approximate surface area is 136 Å². The molecule has 24 heavy (non-hydrogen) atoms. The molecule has 2 aliphatic rings. The van der Waals surface area contributed by atoms with E-state index in [9.17, 15) is 14.0 Å². The average molecular weight is 332 g/mol. The molecule has 2 aromatic rings. The number of benzene rings is 1. The quantitative estimate of drug-likeness (QED) is 0.797. The fraction of sp³-hybridized carbons (Fsp3) is 0.438. The summed E-state index contributed by atoms with van der Waals surface area (Å²) in [5.74, 6) is 0.197. The number of likely N-dealkylation sites (tertiary alicyclic amines) is 1. The van der Waals surface area contributed by atoms with Crippen LogP contribution in [0.25, 0.3) is 0 Å². The van der Waals surface area contributed by atoms with Gasteiger partial charge in [0.25, 0.3) is 0 Å². The summed E-state index contributed by atoms with van der Waals surface area (Å²) >= 11 is 0. The molecule has 1 saturated heterocycles. The van der Waals surface area contributed by atoms with E-state index >= 15 is 0 Å². The number of ether oxygens (including phenoxy) is 1. The molecule has 1 N–H and O–H groups in total. The maximum absolute atomic E-state index is 13.0. The lowest BCUT2D eigenvalue weighted by atomic mass is 10.0. The van der Waals surface area contributed by atoms with Crippen molar-refractivity contribution in [3.63, 3.8) is 0 Å². The van der Waals surface area contributed by atoms with E-state index in [1.54, 1.807) is 12.1 Å². The van der Waals surface area contributed by atoms with Gasteiger partial charge in [-0.1, -0.05) is 12.1 Å². The van der Waals surface area contributed by atoms with Gasteiger partial charge >= 0.3 is 11.1 Å². The Bertz CT molecular complexity index is 876. The van der Waals surface area contributed by atoms with Gasteiger partial charge in [0.05, 0.1) is 6.54 Å². The molecule has 1 atom stereocenters.